The lowest BCUT2D eigenvalue weighted by molar-refractivity contribution is 0.124. The van der Waals surface area contributed by atoms with E-state index in [2.05, 4.69) is 45.5 Å². The number of piperidine rings is 1. The molecule has 1 aromatic heterocycles. The summed E-state index contributed by atoms with van der Waals surface area (Å²) in [4.78, 5) is 7.09. The van der Waals surface area contributed by atoms with Crippen LogP contribution >= 0.6 is 11.3 Å². The van der Waals surface area contributed by atoms with Crippen molar-refractivity contribution < 1.29 is 0 Å². The van der Waals surface area contributed by atoms with Crippen LogP contribution in [-0.2, 0) is 6.54 Å². The number of aromatic nitrogens is 1. The molecule has 2 bridgehead atoms. The topological polar surface area (TPSA) is 28.2 Å². The highest BCUT2D eigenvalue weighted by Gasteiger charge is 2.40. The number of nitrogens with one attached hydrogen (secondary N) is 1. The molecular formula is C17H21N3S. The van der Waals surface area contributed by atoms with Gasteiger partial charge < -0.3 is 5.32 Å². The molecule has 2 aliphatic heterocycles. The van der Waals surface area contributed by atoms with E-state index in [4.69, 9.17) is 0 Å². The van der Waals surface area contributed by atoms with Crippen LogP contribution in [0.5, 0.6) is 0 Å². The Bertz CT molecular complexity index is 555. The minimum absolute atomic E-state index is 0.598. The molecule has 0 radical (unpaired) electrons. The summed E-state index contributed by atoms with van der Waals surface area (Å²) < 4.78 is 0. The summed E-state index contributed by atoms with van der Waals surface area (Å²) >= 11 is 1.71. The number of hydrogen-bond donors (Lipinski definition) is 1. The summed E-state index contributed by atoms with van der Waals surface area (Å²) in [5.74, 6) is 0. The zero-order chi connectivity index (χ0) is 14.1. The molecule has 2 saturated heterocycles. The predicted molar refractivity (Wildman–Crippen MR) is 87.6 cm³/mol. The van der Waals surface area contributed by atoms with Gasteiger partial charge in [-0.3, -0.25) is 4.90 Å². The molecule has 2 aliphatic rings. The van der Waals surface area contributed by atoms with Crippen LogP contribution in [0.2, 0.25) is 0 Å². The first-order chi connectivity index (χ1) is 10.4. The molecule has 21 heavy (non-hydrogen) atoms. The SMILES string of the molecule is c1ccc(CN2C3CCC2CC(Nc2nccs2)C3)cc1. The zero-order valence-electron chi connectivity index (χ0n) is 12.1. The Morgan fingerprint density at radius 1 is 1.14 bits per heavy atom. The number of benzene rings is 1. The third-order valence-corrected chi connectivity index (χ3v) is 5.56. The first-order valence-electron chi connectivity index (χ1n) is 7.84. The van der Waals surface area contributed by atoms with E-state index in [0.717, 1.165) is 23.8 Å². The molecule has 1 N–H and O–H groups in total. The fourth-order valence-electron chi connectivity index (χ4n) is 3.91. The van der Waals surface area contributed by atoms with Crippen LogP contribution in [0.1, 0.15) is 31.2 Å². The van der Waals surface area contributed by atoms with Gasteiger partial charge in [0.1, 0.15) is 0 Å². The Labute approximate surface area is 130 Å². The first kappa shape index (κ1) is 13.3. The van der Waals surface area contributed by atoms with Crippen LogP contribution in [0.3, 0.4) is 0 Å². The van der Waals surface area contributed by atoms with Crippen molar-refractivity contribution in [2.45, 2.75) is 50.4 Å². The van der Waals surface area contributed by atoms with Crippen LogP contribution in [0.25, 0.3) is 0 Å². The zero-order valence-corrected chi connectivity index (χ0v) is 12.9. The summed E-state index contributed by atoms with van der Waals surface area (Å²) in [5.41, 5.74) is 1.45. The second-order valence-corrected chi connectivity index (χ2v) is 7.09. The maximum Gasteiger partial charge on any atom is 0.182 e. The predicted octanol–water partition coefficient (Wildman–Crippen LogP) is 3.75. The van der Waals surface area contributed by atoms with E-state index in [9.17, 15) is 0 Å². The molecule has 3 heterocycles. The van der Waals surface area contributed by atoms with Crippen LogP contribution in [-0.4, -0.2) is 28.0 Å². The van der Waals surface area contributed by atoms with E-state index in [0.29, 0.717) is 6.04 Å². The highest BCUT2D eigenvalue weighted by Crippen LogP contribution is 2.37. The molecule has 0 amide bonds. The molecule has 1 aromatic carbocycles. The summed E-state index contributed by atoms with van der Waals surface area (Å²) in [6.07, 6.45) is 7.10. The van der Waals surface area contributed by atoms with Gasteiger partial charge in [-0.25, -0.2) is 4.98 Å². The van der Waals surface area contributed by atoms with Gasteiger partial charge in [-0.2, -0.15) is 0 Å². The molecule has 2 unspecified atom stereocenters. The minimum atomic E-state index is 0.598. The normalized spacial score (nSPS) is 28.7. The average Bonchev–Trinajstić information content (AvgIpc) is 3.07. The number of rotatable bonds is 4. The summed E-state index contributed by atoms with van der Waals surface area (Å²) in [6.45, 7) is 1.11. The molecule has 0 aliphatic carbocycles. The fourth-order valence-corrected chi connectivity index (χ4v) is 4.52. The molecule has 0 spiro atoms. The largest absolute Gasteiger partial charge is 0.359 e. The van der Waals surface area contributed by atoms with Crippen molar-refractivity contribution in [1.82, 2.24) is 9.88 Å². The van der Waals surface area contributed by atoms with Gasteiger partial charge in [0, 0.05) is 36.2 Å². The van der Waals surface area contributed by atoms with Gasteiger partial charge in [0.2, 0.25) is 0 Å². The monoisotopic (exact) mass is 299 g/mol. The van der Waals surface area contributed by atoms with Gasteiger partial charge >= 0.3 is 0 Å². The Kier molecular flexibility index (Phi) is 3.65. The maximum atomic E-state index is 4.36. The van der Waals surface area contributed by atoms with Crippen molar-refractivity contribution in [3.05, 3.63) is 47.5 Å². The lowest BCUT2D eigenvalue weighted by atomic mass is 9.97. The summed E-state index contributed by atoms with van der Waals surface area (Å²) in [5, 5.41) is 6.75. The molecule has 4 rings (SSSR count). The molecule has 2 fully saturated rings. The van der Waals surface area contributed by atoms with Gasteiger partial charge in [-0.1, -0.05) is 30.3 Å². The second-order valence-electron chi connectivity index (χ2n) is 6.19. The van der Waals surface area contributed by atoms with Gasteiger partial charge in [0.05, 0.1) is 0 Å². The number of thiazole rings is 1. The standard InChI is InChI=1S/C17H21N3S/c1-2-4-13(5-3-1)12-20-15-6-7-16(20)11-14(10-15)19-17-18-8-9-21-17/h1-5,8-9,14-16H,6-7,10-12H2,(H,18,19). The third kappa shape index (κ3) is 2.83. The number of fused-ring (bicyclic) bond motifs is 2. The molecule has 110 valence electrons. The van der Waals surface area contributed by atoms with Crippen LogP contribution in [0, 0.1) is 0 Å². The highest BCUT2D eigenvalue weighted by molar-refractivity contribution is 7.13. The quantitative estimate of drug-likeness (QED) is 0.932. The van der Waals surface area contributed by atoms with E-state index in [1.54, 1.807) is 11.3 Å². The lowest BCUT2D eigenvalue weighted by Gasteiger charge is -2.39. The lowest BCUT2D eigenvalue weighted by Crippen LogP contribution is -2.46. The van der Waals surface area contributed by atoms with Crippen molar-refractivity contribution in [1.29, 1.82) is 0 Å². The second kappa shape index (κ2) is 5.78. The van der Waals surface area contributed by atoms with E-state index in [-0.39, 0.29) is 0 Å². The number of anilines is 1. The van der Waals surface area contributed by atoms with Crippen molar-refractivity contribution in [3.8, 4) is 0 Å². The van der Waals surface area contributed by atoms with Crippen molar-refractivity contribution in [2.75, 3.05) is 5.32 Å². The molecule has 2 aromatic rings. The maximum absolute atomic E-state index is 4.36. The number of hydrogen-bond acceptors (Lipinski definition) is 4. The molecule has 2 atom stereocenters. The summed E-state index contributed by atoms with van der Waals surface area (Å²) in [6, 6.07) is 13.0. The average molecular weight is 299 g/mol. The Balaban J connectivity index is 1.42. The Morgan fingerprint density at radius 3 is 2.57 bits per heavy atom. The molecule has 4 heteroatoms. The minimum Gasteiger partial charge on any atom is -0.359 e. The van der Waals surface area contributed by atoms with Gasteiger partial charge in [0.25, 0.3) is 0 Å². The molecule has 3 nitrogen and oxygen atoms in total. The van der Waals surface area contributed by atoms with Crippen molar-refractivity contribution in [3.63, 3.8) is 0 Å². The van der Waals surface area contributed by atoms with Crippen molar-refractivity contribution in [2.24, 2.45) is 0 Å². The third-order valence-electron chi connectivity index (χ3n) is 4.85. The van der Waals surface area contributed by atoms with Crippen LogP contribution < -0.4 is 5.32 Å². The highest BCUT2D eigenvalue weighted by atomic mass is 32.1. The smallest absolute Gasteiger partial charge is 0.182 e. The Morgan fingerprint density at radius 2 is 1.90 bits per heavy atom. The van der Waals surface area contributed by atoms with E-state index >= 15 is 0 Å². The van der Waals surface area contributed by atoms with Gasteiger partial charge in [-0.15, -0.1) is 11.3 Å². The van der Waals surface area contributed by atoms with E-state index in [1.165, 1.54) is 31.2 Å². The van der Waals surface area contributed by atoms with E-state index in [1.807, 2.05) is 11.6 Å². The first-order valence-corrected chi connectivity index (χ1v) is 8.72. The number of nitrogens with zero attached hydrogens (tertiary/aromatic N) is 2. The summed E-state index contributed by atoms with van der Waals surface area (Å²) in [7, 11) is 0. The molecular weight excluding hydrogens is 278 g/mol. The van der Waals surface area contributed by atoms with Crippen LogP contribution in [0.15, 0.2) is 41.9 Å². The van der Waals surface area contributed by atoms with Crippen LogP contribution in [0.4, 0.5) is 5.13 Å². The fraction of sp³-hybridized carbons (Fsp3) is 0.471. The van der Waals surface area contributed by atoms with E-state index < -0.39 is 0 Å². The molecule has 0 saturated carbocycles. The van der Waals surface area contributed by atoms with Gasteiger partial charge in [-0.05, 0) is 31.2 Å². The van der Waals surface area contributed by atoms with Crippen molar-refractivity contribution >= 4 is 16.5 Å². The van der Waals surface area contributed by atoms with Gasteiger partial charge in [0.15, 0.2) is 5.13 Å². The Hall–Kier alpha value is -1.39.